The van der Waals surface area contributed by atoms with Crippen molar-refractivity contribution in [3.05, 3.63) is 108 Å². The summed E-state index contributed by atoms with van der Waals surface area (Å²) in [4.78, 5) is 29.2. The number of rotatable bonds is 12. The van der Waals surface area contributed by atoms with Gasteiger partial charge in [0.1, 0.15) is 17.4 Å². The Morgan fingerprint density at radius 3 is 1.94 bits per heavy atom. The van der Waals surface area contributed by atoms with Crippen LogP contribution in [0.2, 0.25) is 0 Å². The lowest BCUT2D eigenvalue weighted by atomic mass is 9.70. The van der Waals surface area contributed by atoms with Crippen LogP contribution in [0, 0.1) is 17.2 Å². The van der Waals surface area contributed by atoms with Crippen LogP contribution in [0.3, 0.4) is 0 Å². The number of aliphatic hydroxyl groups excluding tert-OH is 1. The maximum absolute atomic E-state index is 13.3. The Morgan fingerprint density at radius 2 is 1.43 bits per heavy atom. The van der Waals surface area contributed by atoms with Crippen LogP contribution < -0.4 is 10.6 Å². The molecular weight excluding hydrogens is 636 g/mol. The van der Waals surface area contributed by atoms with E-state index in [-0.39, 0.29) is 41.8 Å². The first-order valence-electron chi connectivity index (χ1n) is 18.8. The second kappa shape index (κ2) is 15.6. The van der Waals surface area contributed by atoms with E-state index < -0.39 is 17.4 Å². The summed E-state index contributed by atoms with van der Waals surface area (Å²) in [7, 11) is 0. The molecule has 3 aromatic rings. The number of nitrogens with one attached hydrogen (secondary N) is 2. The summed E-state index contributed by atoms with van der Waals surface area (Å²) < 4.78 is 6.11. The lowest BCUT2D eigenvalue weighted by Crippen LogP contribution is -2.59. The number of piperidine rings is 1. The number of esters is 1. The Kier molecular flexibility index (Phi) is 11.2. The van der Waals surface area contributed by atoms with Crippen LogP contribution in [0.5, 0.6) is 0 Å². The molecule has 2 bridgehead atoms. The van der Waals surface area contributed by atoms with E-state index in [1.165, 1.54) is 0 Å². The van der Waals surface area contributed by atoms with Crippen molar-refractivity contribution in [2.75, 3.05) is 13.2 Å². The molecule has 0 aromatic heterocycles. The second-order valence-electron chi connectivity index (χ2n) is 15.8. The van der Waals surface area contributed by atoms with E-state index in [1.54, 1.807) is 0 Å². The molecule has 6 rings (SSSR count). The molecule has 8 heteroatoms. The van der Waals surface area contributed by atoms with Gasteiger partial charge in [0.15, 0.2) is 0 Å². The van der Waals surface area contributed by atoms with Gasteiger partial charge in [-0.15, -0.1) is 0 Å². The molecule has 51 heavy (non-hydrogen) atoms. The van der Waals surface area contributed by atoms with E-state index in [0.717, 1.165) is 81.0 Å². The number of nitriles is 1. The molecule has 3 aliphatic rings. The maximum atomic E-state index is 13.3. The Hall–Kier alpha value is -4.19. The average Bonchev–Trinajstić information content (AvgIpc) is 3.29. The van der Waals surface area contributed by atoms with E-state index in [0.29, 0.717) is 5.92 Å². The fraction of sp³-hybridized carbons (Fsp3) is 0.512. The Bertz CT molecular complexity index is 1600. The molecule has 0 spiro atoms. The van der Waals surface area contributed by atoms with Gasteiger partial charge in [0.2, 0.25) is 0 Å². The lowest BCUT2D eigenvalue weighted by Gasteiger charge is -2.51. The van der Waals surface area contributed by atoms with Crippen molar-refractivity contribution < 1.29 is 19.4 Å². The number of nitrogens with zero attached hydrogens (tertiary/aromatic N) is 2. The van der Waals surface area contributed by atoms with Crippen molar-refractivity contribution in [3.63, 3.8) is 0 Å². The smallest absolute Gasteiger partial charge is 0.316 e. The van der Waals surface area contributed by atoms with Gasteiger partial charge in [-0.25, -0.2) is 4.79 Å². The largest absolute Gasteiger partial charge is 0.462 e. The zero-order chi connectivity index (χ0) is 36.1. The van der Waals surface area contributed by atoms with E-state index in [4.69, 9.17) is 4.74 Å². The predicted octanol–water partition coefficient (Wildman–Crippen LogP) is 7.23. The van der Waals surface area contributed by atoms with E-state index in [1.807, 2.05) is 97.9 Å². The highest BCUT2D eigenvalue weighted by Gasteiger charge is 2.56. The summed E-state index contributed by atoms with van der Waals surface area (Å²) in [6, 6.07) is 30.8. The van der Waals surface area contributed by atoms with Crippen molar-refractivity contribution in [3.8, 4) is 6.07 Å². The number of hydrogen-bond acceptors (Lipinski definition) is 6. The first-order chi connectivity index (χ1) is 24.6. The number of hydrogen-bond donors (Lipinski definition) is 3. The van der Waals surface area contributed by atoms with Gasteiger partial charge >= 0.3 is 12.0 Å². The Morgan fingerprint density at radius 1 is 0.902 bits per heavy atom. The van der Waals surface area contributed by atoms with Gasteiger partial charge in [0.25, 0.3) is 0 Å². The van der Waals surface area contributed by atoms with Crippen LogP contribution >= 0.6 is 0 Å². The van der Waals surface area contributed by atoms with Crippen LogP contribution in [0.15, 0.2) is 91.0 Å². The van der Waals surface area contributed by atoms with Crippen molar-refractivity contribution in [1.29, 1.82) is 5.26 Å². The molecule has 4 atom stereocenters. The van der Waals surface area contributed by atoms with E-state index in [9.17, 15) is 20.0 Å². The number of fused-ring (bicyclic) bond motifs is 2. The van der Waals surface area contributed by atoms with Crippen LogP contribution in [-0.2, 0) is 14.9 Å². The molecule has 2 saturated heterocycles. The number of carbonyl (C=O) groups excluding carboxylic acids is 2. The second-order valence-corrected chi connectivity index (χ2v) is 15.8. The van der Waals surface area contributed by atoms with Gasteiger partial charge in [-0.2, -0.15) is 5.26 Å². The van der Waals surface area contributed by atoms with Gasteiger partial charge in [-0.1, -0.05) is 91.0 Å². The highest BCUT2D eigenvalue weighted by molar-refractivity contribution is 5.78. The SMILES string of the molecule is C[C@H](NC(=O)NC1CCC(CCN2[C@]3(C)CC[C@]2(C)CC(OC(=O)C(CO)c2ccccc2)C3)CC1)C(C#N)(c1ccccc1)c1ccccc1. The average molecular weight is 691 g/mol. The van der Waals surface area contributed by atoms with Gasteiger partial charge in [-0.05, 0) is 94.9 Å². The van der Waals surface area contributed by atoms with E-state index in [2.05, 4.69) is 35.5 Å². The van der Waals surface area contributed by atoms with Crippen molar-refractivity contribution in [1.82, 2.24) is 15.5 Å². The number of carbonyl (C=O) groups is 2. The normalized spacial score (nSPS) is 27.5. The molecule has 8 nitrogen and oxygen atoms in total. The third kappa shape index (κ3) is 7.71. The topological polar surface area (TPSA) is 115 Å². The van der Waals surface area contributed by atoms with Gasteiger partial charge in [0, 0.05) is 30.0 Å². The minimum absolute atomic E-state index is 0.0227. The molecule has 1 aliphatic carbocycles. The number of benzene rings is 3. The van der Waals surface area contributed by atoms with Crippen molar-refractivity contribution in [2.45, 2.75) is 119 Å². The minimum atomic E-state index is -1.02. The predicted molar refractivity (Wildman–Crippen MR) is 199 cm³/mol. The molecular formula is C43H54N4O4. The number of aliphatic hydroxyl groups is 1. The summed E-state index contributed by atoms with van der Waals surface area (Å²) in [5, 5.41) is 27.0. The van der Waals surface area contributed by atoms with Crippen molar-refractivity contribution >= 4 is 12.0 Å². The first kappa shape index (κ1) is 36.6. The molecule has 3 N–H and O–H groups in total. The fourth-order valence-electron chi connectivity index (χ4n) is 9.54. The van der Waals surface area contributed by atoms with Crippen LogP contribution in [0.4, 0.5) is 4.79 Å². The van der Waals surface area contributed by atoms with Crippen LogP contribution in [-0.4, -0.2) is 64.4 Å². The first-order valence-corrected chi connectivity index (χ1v) is 18.8. The minimum Gasteiger partial charge on any atom is -0.462 e. The maximum Gasteiger partial charge on any atom is 0.316 e. The van der Waals surface area contributed by atoms with E-state index >= 15 is 0 Å². The number of ether oxygens (including phenoxy) is 1. The molecule has 2 aliphatic heterocycles. The summed E-state index contributed by atoms with van der Waals surface area (Å²) in [6.45, 7) is 7.33. The monoisotopic (exact) mass is 690 g/mol. The standard InChI is InChI=1S/C43H54N4O4/c1-31(43(30-44,34-15-9-5-10-16-34)35-17-11-6-12-18-35)45-40(50)46-36-21-19-32(20-22-36)23-26-47-41(2)24-25-42(47,3)28-37(27-41)51-39(49)38(29-48)33-13-7-4-8-14-33/h4-18,31-32,36-38,48H,19-29H2,1-3H3,(H2,45,46,50)/t31-,32?,36?,38?,41+,42+/m0/s1. The Labute approximate surface area is 303 Å². The number of amides is 2. The molecule has 3 fully saturated rings. The Balaban J connectivity index is 0.991. The third-order valence-corrected chi connectivity index (χ3v) is 12.4. The van der Waals surface area contributed by atoms with Crippen LogP contribution in [0.25, 0.3) is 0 Å². The summed E-state index contributed by atoms with van der Waals surface area (Å²) in [6.07, 6.45) is 8.78. The van der Waals surface area contributed by atoms with Crippen molar-refractivity contribution in [2.24, 2.45) is 5.92 Å². The molecule has 2 amide bonds. The summed E-state index contributed by atoms with van der Waals surface area (Å²) >= 11 is 0. The molecule has 0 radical (unpaired) electrons. The molecule has 1 unspecified atom stereocenters. The van der Waals surface area contributed by atoms with Gasteiger partial charge in [0.05, 0.1) is 18.7 Å². The molecule has 3 aromatic carbocycles. The summed E-state index contributed by atoms with van der Waals surface area (Å²) in [5.41, 5.74) is 1.43. The number of urea groups is 1. The molecule has 2 heterocycles. The van der Waals surface area contributed by atoms with Crippen LogP contribution in [0.1, 0.15) is 101 Å². The highest BCUT2D eigenvalue weighted by atomic mass is 16.5. The third-order valence-electron chi connectivity index (χ3n) is 12.4. The summed E-state index contributed by atoms with van der Waals surface area (Å²) in [5.74, 6) is -0.388. The zero-order valence-corrected chi connectivity index (χ0v) is 30.4. The zero-order valence-electron chi connectivity index (χ0n) is 30.4. The van der Waals surface area contributed by atoms with Gasteiger partial charge in [-0.3, -0.25) is 9.69 Å². The quantitative estimate of drug-likeness (QED) is 0.173. The molecule has 1 saturated carbocycles. The van der Waals surface area contributed by atoms with Gasteiger partial charge < -0.3 is 20.5 Å². The lowest BCUT2D eigenvalue weighted by molar-refractivity contribution is -0.160. The highest BCUT2D eigenvalue weighted by Crippen LogP contribution is 2.51. The molecule has 270 valence electrons. The fourth-order valence-corrected chi connectivity index (χ4v) is 9.54.